The second-order valence-corrected chi connectivity index (χ2v) is 16.9. The number of primary amides is 1. The number of anilines is 1. The van der Waals surface area contributed by atoms with Gasteiger partial charge in [-0.1, -0.05) is 121 Å². The van der Waals surface area contributed by atoms with Crippen LogP contribution in [0.15, 0.2) is 54.6 Å². The van der Waals surface area contributed by atoms with Crippen molar-refractivity contribution in [2.75, 3.05) is 12.3 Å². The lowest BCUT2D eigenvalue weighted by Crippen LogP contribution is -2.57. The van der Waals surface area contributed by atoms with Crippen molar-refractivity contribution >= 4 is 47.1 Å². The van der Waals surface area contributed by atoms with Gasteiger partial charge in [0.1, 0.15) is 24.2 Å². The third-order valence-corrected chi connectivity index (χ3v) is 10.6. The Balaban J connectivity index is 1.57. The molecule has 16 heteroatoms. The van der Waals surface area contributed by atoms with Crippen LogP contribution >= 0.6 is 0 Å². The van der Waals surface area contributed by atoms with Crippen LogP contribution in [0, 0.1) is 5.92 Å². The van der Waals surface area contributed by atoms with Crippen LogP contribution in [0.1, 0.15) is 135 Å². The number of amides is 6. The SMILES string of the molecule is CC(C)C[C@H](NC(=O)[C@@H](NC(=O)CCCCCCCCCCCCCCC(=O)N[C@@H](CC(N)=O)C(=O)N[C@@H](Cc1ccccc1)C(=O)O)C(C)O)C(=O)NCCc1ccc(N)cc1. The Hall–Kier alpha value is -5.51. The van der Waals surface area contributed by atoms with Gasteiger partial charge in [0.2, 0.25) is 35.4 Å². The van der Waals surface area contributed by atoms with Crippen molar-refractivity contribution in [3.05, 3.63) is 65.7 Å². The smallest absolute Gasteiger partial charge is 0.326 e. The van der Waals surface area contributed by atoms with Crippen LogP contribution in [0.25, 0.3) is 0 Å². The molecule has 0 aliphatic carbocycles. The van der Waals surface area contributed by atoms with Gasteiger partial charge in [0, 0.05) is 31.5 Å². The number of aliphatic carboxylic acids is 1. The molecular weight excluding hydrogens is 807 g/mol. The van der Waals surface area contributed by atoms with Gasteiger partial charge >= 0.3 is 5.97 Å². The number of nitrogens with one attached hydrogen (secondary N) is 5. The first-order valence-electron chi connectivity index (χ1n) is 22.6. The van der Waals surface area contributed by atoms with Gasteiger partial charge in [-0.25, -0.2) is 4.79 Å². The summed E-state index contributed by atoms with van der Waals surface area (Å²) >= 11 is 0. The molecule has 1 unspecified atom stereocenters. The Labute approximate surface area is 372 Å². The summed E-state index contributed by atoms with van der Waals surface area (Å²) < 4.78 is 0. The van der Waals surface area contributed by atoms with E-state index >= 15 is 0 Å². The second-order valence-electron chi connectivity index (χ2n) is 16.9. The van der Waals surface area contributed by atoms with Crippen LogP contribution in [0.3, 0.4) is 0 Å². The molecule has 0 saturated carbocycles. The fourth-order valence-electron chi connectivity index (χ4n) is 7.09. The Morgan fingerprint density at radius 2 is 1.10 bits per heavy atom. The Morgan fingerprint density at radius 1 is 0.587 bits per heavy atom. The summed E-state index contributed by atoms with van der Waals surface area (Å²) in [6.07, 6.45) is 11.2. The van der Waals surface area contributed by atoms with Crippen molar-refractivity contribution in [1.29, 1.82) is 0 Å². The number of carbonyl (C=O) groups is 7. The van der Waals surface area contributed by atoms with Crippen molar-refractivity contribution in [2.45, 2.75) is 167 Å². The molecule has 2 aromatic rings. The summed E-state index contributed by atoms with van der Waals surface area (Å²) in [5.41, 5.74) is 13.4. The number of hydrogen-bond donors (Lipinski definition) is 9. The van der Waals surface area contributed by atoms with E-state index in [0.717, 1.165) is 69.8 Å². The third kappa shape index (κ3) is 24.1. The van der Waals surface area contributed by atoms with Gasteiger partial charge in [0.05, 0.1) is 12.5 Å². The maximum absolute atomic E-state index is 13.2. The molecule has 2 aromatic carbocycles. The summed E-state index contributed by atoms with van der Waals surface area (Å²) in [5, 5.41) is 33.2. The van der Waals surface area contributed by atoms with Crippen molar-refractivity contribution < 1.29 is 43.8 Å². The fourth-order valence-corrected chi connectivity index (χ4v) is 7.09. The molecule has 0 aliphatic heterocycles. The maximum Gasteiger partial charge on any atom is 0.326 e. The average Bonchev–Trinajstić information content (AvgIpc) is 3.22. The zero-order valence-electron chi connectivity index (χ0n) is 37.5. The molecule has 0 spiro atoms. The minimum absolute atomic E-state index is 0.0405. The number of carboxylic acid groups (broad SMARTS) is 1. The minimum Gasteiger partial charge on any atom is -0.480 e. The molecule has 0 fully saturated rings. The van der Waals surface area contributed by atoms with Gasteiger partial charge < -0.3 is 48.3 Å². The van der Waals surface area contributed by atoms with Crippen LogP contribution in [-0.2, 0) is 46.4 Å². The Bertz CT molecular complexity index is 1710. The minimum atomic E-state index is -1.27. The van der Waals surface area contributed by atoms with Crippen molar-refractivity contribution in [2.24, 2.45) is 11.7 Å². The molecular formula is C47H73N7O9. The average molecular weight is 880 g/mol. The lowest BCUT2D eigenvalue weighted by Gasteiger charge is -2.25. The largest absolute Gasteiger partial charge is 0.480 e. The number of nitrogens with two attached hydrogens (primary N) is 2. The van der Waals surface area contributed by atoms with Crippen LogP contribution in [0.5, 0.6) is 0 Å². The Kier molecular flexibility index (Phi) is 26.0. The first kappa shape index (κ1) is 53.6. The normalized spacial score (nSPS) is 13.5. The lowest BCUT2D eigenvalue weighted by atomic mass is 10.0. The lowest BCUT2D eigenvalue weighted by molar-refractivity contribution is -0.142. The van der Waals surface area contributed by atoms with Crippen molar-refractivity contribution in [3.8, 4) is 0 Å². The number of aliphatic hydroxyl groups excluding tert-OH is 1. The van der Waals surface area contributed by atoms with E-state index in [1.807, 2.05) is 26.0 Å². The highest BCUT2D eigenvalue weighted by Gasteiger charge is 2.31. The summed E-state index contributed by atoms with van der Waals surface area (Å²) in [6, 6.07) is 11.7. The van der Waals surface area contributed by atoms with E-state index in [-0.39, 0.29) is 37.0 Å². The summed E-state index contributed by atoms with van der Waals surface area (Å²) in [4.78, 5) is 87.8. The molecule has 16 nitrogen and oxygen atoms in total. The van der Waals surface area contributed by atoms with Gasteiger partial charge in [-0.3, -0.25) is 28.8 Å². The van der Waals surface area contributed by atoms with E-state index in [1.165, 1.54) is 6.92 Å². The highest BCUT2D eigenvalue weighted by Crippen LogP contribution is 2.14. The molecule has 0 aliphatic rings. The molecule has 6 amide bonds. The fraction of sp³-hybridized carbons (Fsp3) is 0.596. The summed E-state index contributed by atoms with van der Waals surface area (Å²) in [7, 11) is 0. The van der Waals surface area contributed by atoms with Crippen LogP contribution in [-0.4, -0.2) is 88.4 Å². The number of rotatable bonds is 33. The van der Waals surface area contributed by atoms with E-state index in [9.17, 15) is 43.8 Å². The first-order chi connectivity index (χ1) is 30.0. The van der Waals surface area contributed by atoms with Crippen molar-refractivity contribution in [1.82, 2.24) is 26.6 Å². The predicted octanol–water partition coefficient (Wildman–Crippen LogP) is 3.96. The molecule has 5 atom stereocenters. The number of benzene rings is 2. The van der Waals surface area contributed by atoms with Gasteiger partial charge in [0.15, 0.2) is 0 Å². The molecule has 0 saturated heterocycles. The first-order valence-corrected chi connectivity index (χ1v) is 22.6. The maximum atomic E-state index is 13.2. The van der Waals surface area contributed by atoms with Gasteiger partial charge in [-0.05, 0) is 61.8 Å². The molecule has 0 bridgehead atoms. The topological polar surface area (TPSA) is 272 Å². The highest BCUT2D eigenvalue weighted by molar-refractivity contribution is 5.94. The van der Waals surface area contributed by atoms with E-state index in [2.05, 4.69) is 26.6 Å². The summed E-state index contributed by atoms with van der Waals surface area (Å²) in [5.74, 6) is -4.37. The van der Waals surface area contributed by atoms with E-state index < -0.39 is 66.3 Å². The molecule has 63 heavy (non-hydrogen) atoms. The number of carboxylic acids is 1. The van der Waals surface area contributed by atoms with E-state index in [1.54, 1.807) is 42.5 Å². The zero-order chi connectivity index (χ0) is 46.6. The zero-order valence-corrected chi connectivity index (χ0v) is 37.5. The standard InChI is InChI=1S/C47H73N7O9/c1-32(2)29-37(44(59)50-28-27-34-23-25-36(48)26-24-34)52-46(61)43(33(3)55)54-42(58)22-18-13-11-9-7-5-4-6-8-10-12-17-21-41(57)51-38(31-40(49)56)45(60)53-39(47(62)63)30-35-19-15-14-16-20-35/h14-16,19-20,23-26,32-33,37-39,43,55H,4-13,17-18,21-22,27-31,48H2,1-3H3,(H2,49,56)(H,50,59)(H,51,57)(H,52,61)(H,53,60)(H,54,58)(H,62,63)/t33?,37-,38-,39-,43-/m0/s1. The monoisotopic (exact) mass is 880 g/mol. The third-order valence-electron chi connectivity index (χ3n) is 10.6. The highest BCUT2D eigenvalue weighted by atomic mass is 16.4. The van der Waals surface area contributed by atoms with Crippen LogP contribution in [0.4, 0.5) is 5.69 Å². The number of unbranched alkanes of at least 4 members (excludes halogenated alkanes) is 11. The van der Waals surface area contributed by atoms with Crippen LogP contribution in [0.2, 0.25) is 0 Å². The van der Waals surface area contributed by atoms with Gasteiger partial charge in [-0.2, -0.15) is 0 Å². The van der Waals surface area contributed by atoms with Crippen LogP contribution < -0.4 is 38.1 Å². The molecule has 0 radical (unpaired) electrons. The Morgan fingerprint density at radius 3 is 1.59 bits per heavy atom. The number of hydrogen-bond acceptors (Lipinski definition) is 9. The number of aliphatic hydroxyl groups is 1. The molecule has 11 N–H and O–H groups in total. The van der Waals surface area contributed by atoms with Crippen molar-refractivity contribution in [3.63, 3.8) is 0 Å². The quantitative estimate of drug-likeness (QED) is 0.0368. The summed E-state index contributed by atoms with van der Waals surface area (Å²) in [6.45, 7) is 5.71. The molecule has 0 heterocycles. The molecule has 0 aromatic heterocycles. The van der Waals surface area contributed by atoms with Gasteiger partial charge in [-0.15, -0.1) is 0 Å². The van der Waals surface area contributed by atoms with E-state index in [0.29, 0.717) is 43.5 Å². The number of nitrogen functional groups attached to an aromatic ring is 1. The molecule has 350 valence electrons. The van der Waals surface area contributed by atoms with Gasteiger partial charge in [0.25, 0.3) is 0 Å². The van der Waals surface area contributed by atoms with E-state index in [4.69, 9.17) is 11.5 Å². The number of carbonyl (C=O) groups excluding carboxylic acids is 6. The molecule has 2 rings (SSSR count). The predicted molar refractivity (Wildman–Crippen MR) is 243 cm³/mol. The second kappa shape index (κ2) is 30.5.